The van der Waals surface area contributed by atoms with Gasteiger partial charge in [0, 0.05) is 38.2 Å². The summed E-state index contributed by atoms with van der Waals surface area (Å²) in [6, 6.07) is 12.8. The molecule has 1 unspecified atom stereocenters. The molecule has 2 aliphatic heterocycles. The Bertz CT molecular complexity index is 991. The van der Waals surface area contributed by atoms with Crippen LogP contribution in [0, 0.1) is 0 Å². The molecule has 4 heterocycles. The minimum Gasteiger partial charge on any atom is -0.309 e. The first-order chi connectivity index (χ1) is 12.8. The van der Waals surface area contributed by atoms with Crippen molar-refractivity contribution in [3.05, 3.63) is 69.3 Å². The molecule has 27 heavy (non-hydrogen) atoms. The Morgan fingerprint density at radius 2 is 2.07 bits per heavy atom. The number of H-pyrrole nitrogens is 1. The van der Waals surface area contributed by atoms with Gasteiger partial charge in [0.15, 0.2) is 5.65 Å². The van der Waals surface area contributed by atoms with Gasteiger partial charge in [-0.2, -0.15) is 0 Å². The Hall–Kier alpha value is -2.15. The third kappa shape index (κ3) is 3.40. The minimum atomic E-state index is 0. The third-order valence-corrected chi connectivity index (χ3v) is 5.54. The molecule has 5 rings (SSSR count). The molecule has 2 N–H and O–H groups in total. The van der Waals surface area contributed by atoms with E-state index >= 15 is 0 Å². The predicted molar refractivity (Wildman–Crippen MR) is 107 cm³/mol. The number of nitrogens with one attached hydrogen (secondary N) is 2. The lowest BCUT2D eigenvalue weighted by Crippen LogP contribution is -2.36. The van der Waals surface area contributed by atoms with Gasteiger partial charge in [-0.15, -0.1) is 12.4 Å². The van der Waals surface area contributed by atoms with Crippen molar-refractivity contribution in [2.45, 2.75) is 38.4 Å². The largest absolute Gasteiger partial charge is 0.309 e. The van der Waals surface area contributed by atoms with Crippen LogP contribution in [-0.4, -0.2) is 32.6 Å². The Morgan fingerprint density at radius 3 is 2.85 bits per heavy atom. The van der Waals surface area contributed by atoms with Crippen molar-refractivity contribution >= 4 is 18.1 Å². The van der Waals surface area contributed by atoms with Crippen LogP contribution in [0.25, 0.3) is 5.65 Å². The molecular weight excluding hydrogens is 362 g/mol. The molecule has 1 fully saturated rings. The van der Waals surface area contributed by atoms with Crippen molar-refractivity contribution in [1.29, 1.82) is 0 Å². The Morgan fingerprint density at radius 1 is 1.22 bits per heavy atom. The molecule has 0 spiro atoms. The summed E-state index contributed by atoms with van der Waals surface area (Å²) in [6.07, 6.45) is 3.11. The number of aromatic amines is 1. The molecule has 3 aromatic rings. The van der Waals surface area contributed by atoms with Gasteiger partial charge in [0.25, 0.3) is 5.56 Å². The van der Waals surface area contributed by atoms with Crippen LogP contribution in [0.5, 0.6) is 0 Å². The third-order valence-electron chi connectivity index (χ3n) is 5.54. The number of hydrogen-bond acceptors (Lipinski definition) is 4. The van der Waals surface area contributed by atoms with E-state index in [1.54, 1.807) is 4.52 Å². The SMILES string of the molecule is Cl.O=c1c2c(nc3cc(C4CCCN4)[nH]n13)CCN(Cc1ccccc1)C2. The van der Waals surface area contributed by atoms with E-state index in [0.29, 0.717) is 12.6 Å². The number of fused-ring (bicyclic) bond motifs is 2. The fourth-order valence-corrected chi connectivity index (χ4v) is 4.16. The zero-order valence-electron chi connectivity index (χ0n) is 15.1. The summed E-state index contributed by atoms with van der Waals surface area (Å²) in [4.78, 5) is 20.2. The number of benzene rings is 1. The van der Waals surface area contributed by atoms with Crippen LogP contribution >= 0.6 is 12.4 Å². The summed E-state index contributed by atoms with van der Waals surface area (Å²) in [7, 11) is 0. The van der Waals surface area contributed by atoms with Gasteiger partial charge in [0.05, 0.1) is 17.0 Å². The van der Waals surface area contributed by atoms with Crippen molar-refractivity contribution in [2.75, 3.05) is 13.1 Å². The fraction of sp³-hybridized carbons (Fsp3) is 0.400. The molecule has 142 valence electrons. The molecule has 1 atom stereocenters. The first-order valence-electron chi connectivity index (χ1n) is 9.41. The molecular formula is C20H24ClN5O. The fourth-order valence-electron chi connectivity index (χ4n) is 4.16. The van der Waals surface area contributed by atoms with E-state index in [1.807, 2.05) is 12.1 Å². The molecule has 7 heteroatoms. The topological polar surface area (TPSA) is 65.4 Å². The van der Waals surface area contributed by atoms with Crippen LogP contribution < -0.4 is 10.9 Å². The number of hydrogen-bond donors (Lipinski definition) is 2. The number of nitrogens with zero attached hydrogens (tertiary/aromatic N) is 3. The molecule has 6 nitrogen and oxygen atoms in total. The monoisotopic (exact) mass is 385 g/mol. The highest BCUT2D eigenvalue weighted by molar-refractivity contribution is 5.85. The first-order valence-corrected chi connectivity index (χ1v) is 9.41. The van der Waals surface area contributed by atoms with Crippen LogP contribution in [0.15, 0.2) is 41.2 Å². The second-order valence-corrected chi connectivity index (χ2v) is 7.34. The Balaban J connectivity index is 0.00000180. The van der Waals surface area contributed by atoms with Crippen molar-refractivity contribution in [3.63, 3.8) is 0 Å². The molecule has 1 aromatic carbocycles. The Kier molecular flexibility index (Phi) is 5.04. The molecule has 2 aliphatic rings. The lowest BCUT2D eigenvalue weighted by Gasteiger charge is -2.27. The Labute approximate surface area is 164 Å². The van der Waals surface area contributed by atoms with Gasteiger partial charge in [-0.1, -0.05) is 30.3 Å². The standard InChI is InChI=1S/C20H23N5O.ClH/c26-20-15-13-24(12-14-5-2-1-3-6-14)10-8-16(15)22-19-11-18(23-25(19)20)17-7-4-9-21-17;/h1-3,5-6,11,17,21,23H,4,7-10,12-13H2;1H. The van der Waals surface area contributed by atoms with E-state index in [1.165, 1.54) is 12.0 Å². The average Bonchev–Trinajstić information content (AvgIpc) is 3.33. The summed E-state index contributed by atoms with van der Waals surface area (Å²) < 4.78 is 1.63. The van der Waals surface area contributed by atoms with Crippen LogP contribution in [0.3, 0.4) is 0 Å². The molecule has 0 bridgehead atoms. The van der Waals surface area contributed by atoms with Crippen LogP contribution in [0.2, 0.25) is 0 Å². The summed E-state index contributed by atoms with van der Waals surface area (Å²) in [6.45, 7) is 3.50. The van der Waals surface area contributed by atoms with Gasteiger partial charge in [0.1, 0.15) is 0 Å². The van der Waals surface area contributed by atoms with Gasteiger partial charge < -0.3 is 5.32 Å². The molecule has 1 saturated heterocycles. The maximum atomic E-state index is 13.0. The summed E-state index contributed by atoms with van der Waals surface area (Å²) >= 11 is 0. The highest BCUT2D eigenvalue weighted by Gasteiger charge is 2.24. The average molecular weight is 386 g/mol. The first kappa shape index (κ1) is 18.2. The predicted octanol–water partition coefficient (Wildman–Crippen LogP) is 2.43. The number of rotatable bonds is 3. The van der Waals surface area contributed by atoms with E-state index in [-0.39, 0.29) is 18.0 Å². The zero-order valence-corrected chi connectivity index (χ0v) is 16.0. The molecule has 0 radical (unpaired) electrons. The summed E-state index contributed by atoms with van der Waals surface area (Å²) in [5.74, 6) is 0. The van der Waals surface area contributed by atoms with E-state index in [4.69, 9.17) is 4.98 Å². The van der Waals surface area contributed by atoms with Gasteiger partial charge in [-0.05, 0) is 24.9 Å². The quantitative estimate of drug-likeness (QED) is 0.726. The lowest BCUT2D eigenvalue weighted by atomic mass is 10.1. The van der Waals surface area contributed by atoms with E-state index in [2.05, 4.69) is 39.6 Å². The van der Waals surface area contributed by atoms with Crippen molar-refractivity contribution < 1.29 is 0 Å². The summed E-state index contributed by atoms with van der Waals surface area (Å²) in [5.41, 5.74) is 4.93. The highest BCUT2D eigenvalue weighted by atomic mass is 35.5. The highest BCUT2D eigenvalue weighted by Crippen LogP contribution is 2.23. The second-order valence-electron chi connectivity index (χ2n) is 7.34. The molecule has 2 aromatic heterocycles. The van der Waals surface area contributed by atoms with Crippen molar-refractivity contribution in [3.8, 4) is 0 Å². The van der Waals surface area contributed by atoms with E-state index in [0.717, 1.165) is 55.1 Å². The smallest absolute Gasteiger partial charge is 0.277 e. The molecule has 0 amide bonds. The maximum absolute atomic E-state index is 13.0. The van der Waals surface area contributed by atoms with Gasteiger partial charge in [-0.25, -0.2) is 9.50 Å². The van der Waals surface area contributed by atoms with Crippen LogP contribution in [0.4, 0.5) is 0 Å². The zero-order chi connectivity index (χ0) is 17.5. The van der Waals surface area contributed by atoms with Gasteiger partial charge >= 0.3 is 0 Å². The van der Waals surface area contributed by atoms with Crippen molar-refractivity contribution in [2.24, 2.45) is 0 Å². The van der Waals surface area contributed by atoms with Crippen LogP contribution in [0.1, 0.15) is 41.4 Å². The van der Waals surface area contributed by atoms with Gasteiger partial charge in [-0.3, -0.25) is 14.8 Å². The molecule has 0 saturated carbocycles. The lowest BCUT2D eigenvalue weighted by molar-refractivity contribution is 0.241. The number of aromatic nitrogens is 3. The summed E-state index contributed by atoms with van der Waals surface area (Å²) in [5, 5.41) is 6.76. The van der Waals surface area contributed by atoms with Crippen molar-refractivity contribution in [1.82, 2.24) is 24.8 Å². The number of halogens is 1. The van der Waals surface area contributed by atoms with Gasteiger partial charge in [0.2, 0.25) is 0 Å². The normalized spacial score (nSPS) is 19.8. The van der Waals surface area contributed by atoms with Crippen LogP contribution in [-0.2, 0) is 19.5 Å². The van der Waals surface area contributed by atoms with E-state index < -0.39 is 0 Å². The van der Waals surface area contributed by atoms with E-state index in [9.17, 15) is 4.79 Å². The maximum Gasteiger partial charge on any atom is 0.277 e. The molecule has 0 aliphatic carbocycles. The minimum absolute atomic E-state index is 0. The second kappa shape index (κ2) is 7.46.